The summed E-state index contributed by atoms with van der Waals surface area (Å²) in [7, 11) is -8.63. The second-order valence-corrected chi connectivity index (χ2v) is 9.80. The van der Waals surface area contributed by atoms with Gasteiger partial charge in [-0.1, -0.05) is 35.4 Å². The molecule has 184 valence electrons. The van der Waals surface area contributed by atoms with E-state index in [4.69, 9.17) is 19.7 Å². The third-order valence-corrected chi connectivity index (χ3v) is 6.40. The average molecular weight is 507 g/mol. The minimum Gasteiger partial charge on any atom is -0.377 e. The Hall–Kier alpha value is -1.86. The molecule has 0 aliphatic rings. The van der Waals surface area contributed by atoms with Crippen LogP contribution in [0.2, 0.25) is 0 Å². The van der Waals surface area contributed by atoms with Gasteiger partial charge in [-0.25, -0.2) is 0 Å². The molecule has 0 bridgehead atoms. The molecule has 0 unspecified atom stereocenters. The molecule has 9 nitrogen and oxygen atoms in total. The lowest BCUT2D eigenvalue weighted by atomic mass is 10.2. The van der Waals surface area contributed by atoms with E-state index in [2.05, 4.69) is 8.37 Å². The molecule has 0 atom stereocenters. The second-order valence-electron chi connectivity index (χ2n) is 6.71. The van der Waals surface area contributed by atoms with E-state index in [1.165, 1.54) is 24.3 Å². The van der Waals surface area contributed by atoms with Crippen molar-refractivity contribution in [2.45, 2.75) is 23.6 Å². The van der Waals surface area contributed by atoms with Crippen molar-refractivity contribution in [3.05, 3.63) is 59.7 Å². The fourth-order valence-corrected chi connectivity index (χ4v) is 3.81. The zero-order valence-corrected chi connectivity index (χ0v) is 20.0. The van der Waals surface area contributed by atoms with Crippen molar-refractivity contribution in [1.82, 2.24) is 0 Å². The van der Waals surface area contributed by atoms with Gasteiger partial charge < -0.3 is 14.2 Å². The number of aryl methyl sites for hydroxylation is 2. The molecule has 0 aliphatic heterocycles. The molecular formula is C22H30O9S2. The standard InChI is InChI=1S/C22H30O9S2/c1-19-3-7-21(8-4-19)32(23,24)30-17-15-28-13-11-27-12-14-29-16-18-31-33(25,26)22-9-5-20(2)6-10-22/h3-10H,11-18H2,1-2H3/i17D2,18D2. The summed E-state index contributed by atoms with van der Waals surface area (Å²) in [6.07, 6.45) is 0. The van der Waals surface area contributed by atoms with Crippen molar-refractivity contribution in [2.75, 3.05) is 52.8 Å². The Labute approximate surface area is 201 Å². The van der Waals surface area contributed by atoms with Gasteiger partial charge in [-0.15, -0.1) is 0 Å². The fourth-order valence-electron chi connectivity index (χ4n) is 2.27. The Kier molecular flexibility index (Phi) is 9.03. The van der Waals surface area contributed by atoms with Gasteiger partial charge in [0.2, 0.25) is 0 Å². The van der Waals surface area contributed by atoms with Gasteiger partial charge >= 0.3 is 0 Å². The van der Waals surface area contributed by atoms with E-state index in [1.807, 2.05) is 0 Å². The summed E-state index contributed by atoms with van der Waals surface area (Å²) < 4.78 is 104. The summed E-state index contributed by atoms with van der Waals surface area (Å²) in [5.41, 5.74) is 1.68. The predicted octanol–water partition coefficient (Wildman–Crippen LogP) is 2.46. The maximum atomic E-state index is 12.2. The van der Waals surface area contributed by atoms with Gasteiger partial charge in [0.15, 0.2) is 0 Å². The van der Waals surface area contributed by atoms with Gasteiger partial charge in [0.05, 0.1) is 68.0 Å². The summed E-state index contributed by atoms with van der Waals surface area (Å²) in [5, 5.41) is 0. The molecule has 0 heterocycles. The monoisotopic (exact) mass is 506 g/mol. The largest absolute Gasteiger partial charge is 0.377 e. The molecule has 0 amide bonds. The van der Waals surface area contributed by atoms with Gasteiger partial charge in [0, 0.05) is 0 Å². The van der Waals surface area contributed by atoms with Crippen LogP contribution in [0.3, 0.4) is 0 Å². The molecule has 2 aromatic carbocycles. The fraction of sp³-hybridized carbons (Fsp3) is 0.455. The molecule has 0 saturated carbocycles. The number of hydrogen-bond acceptors (Lipinski definition) is 9. The summed E-state index contributed by atoms with van der Waals surface area (Å²) in [4.78, 5) is -0.347. The molecule has 11 heteroatoms. The minimum atomic E-state index is -4.31. The maximum absolute atomic E-state index is 12.2. The quantitative estimate of drug-likeness (QED) is 0.250. The van der Waals surface area contributed by atoms with Crippen LogP contribution in [0.1, 0.15) is 16.6 Å². The van der Waals surface area contributed by atoms with Crippen molar-refractivity contribution in [2.24, 2.45) is 0 Å². The lowest BCUT2D eigenvalue weighted by Gasteiger charge is -2.08. The molecule has 2 rings (SSSR count). The zero-order chi connectivity index (χ0) is 27.7. The highest BCUT2D eigenvalue weighted by atomic mass is 32.2. The van der Waals surface area contributed by atoms with Crippen LogP contribution in [0.4, 0.5) is 0 Å². The molecule has 0 aromatic heterocycles. The molecule has 0 saturated heterocycles. The van der Waals surface area contributed by atoms with Crippen LogP contribution >= 0.6 is 0 Å². The minimum absolute atomic E-state index is 0.00927. The lowest BCUT2D eigenvalue weighted by Crippen LogP contribution is -2.15. The van der Waals surface area contributed by atoms with E-state index in [0.29, 0.717) is 0 Å². The highest BCUT2D eigenvalue weighted by Crippen LogP contribution is 2.14. The molecule has 2 aromatic rings. The summed E-state index contributed by atoms with van der Waals surface area (Å²) in [6.45, 7) is -3.09. The first-order chi connectivity index (χ1) is 17.1. The summed E-state index contributed by atoms with van der Waals surface area (Å²) >= 11 is 0. The van der Waals surface area contributed by atoms with Crippen LogP contribution in [0, 0.1) is 13.8 Å². The first kappa shape index (κ1) is 21.7. The third-order valence-electron chi connectivity index (χ3n) is 4.02. The Morgan fingerprint density at radius 2 is 0.879 bits per heavy atom. The molecule has 33 heavy (non-hydrogen) atoms. The van der Waals surface area contributed by atoms with Crippen LogP contribution in [-0.4, -0.2) is 69.6 Å². The van der Waals surface area contributed by atoms with Gasteiger partial charge in [0.1, 0.15) is 0 Å². The number of hydrogen-bond donors (Lipinski definition) is 0. The predicted molar refractivity (Wildman–Crippen MR) is 121 cm³/mol. The van der Waals surface area contributed by atoms with Crippen molar-refractivity contribution < 1.29 is 44.9 Å². The van der Waals surface area contributed by atoms with E-state index in [-0.39, 0.29) is 36.2 Å². The molecule has 0 N–H and O–H groups in total. The van der Waals surface area contributed by atoms with Gasteiger partial charge in [0.25, 0.3) is 20.2 Å². The third kappa shape index (κ3) is 10.3. The van der Waals surface area contributed by atoms with E-state index in [0.717, 1.165) is 11.1 Å². The van der Waals surface area contributed by atoms with Crippen LogP contribution in [0.5, 0.6) is 0 Å². The Morgan fingerprint density at radius 3 is 1.21 bits per heavy atom. The molecule has 0 radical (unpaired) electrons. The highest BCUT2D eigenvalue weighted by Gasteiger charge is 2.15. The van der Waals surface area contributed by atoms with E-state index in [9.17, 15) is 16.8 Å². The van der Waals surface area contributed by atoms with Crippen LogP contribution < -0.4 is 0 Å². The number of rotatable bonds is 16. The van der Waals surface area contributed by atoms with Crippen molar-refractivity contribution in [3.8, 4) is 0 Å². The van der Waals surface area contributed by atoms with Crippen LogP contribution in [0.25, 0.3) is 0 Å². The van der Waals surface area contributed by atoms with Crippen molar-refractivity contribution in [1.29, 1.82) is 0 Å². The number of benzene rings is 2. The summed E-state index contributed by atoms with van der Waals surface area (Å²) in [5.74, 6) is 0. The Morgan fingerprint density at radius 1 is 0.576 bits per heavy atom. The molecule has 0 spiro atoms. The van der Waals surface area contributed by atoms with Gasteiger partial charge in [-0.2, -0.15) is 16.8 Å². The van der Waals surface area contributed by atoms with E-state index >= 15 is 0 Å². The maximum Gasteiger partial charge on any atom is 0.297 e. The normalized spacial score (nSPS) is 14.8. The highest BCUT2D eigenvalue weighted by molar-refractivity contribution is 7.87. The zero-order valence-electron chi connectivity index (χ0n) is 22.4. The Balaban J connectivity index is 1.62. The van der Waals surface area contributed by atoms with Gasteiger partial charge in [-0.05, 0) is 38.1 Å². The van der Waals surface area contributed by atoms with Crippen LogP contribution in [-0.2, 0) is 42.8 Å². The molecule has 0 fully saturated rings. The Bertz CT molecular complexity index is 1110. The molecular weight excluding hydrogens is 472 g/mol. The second kappa shape index (κ2) is 13.8. The first-order valence-electron chi connectivity index (χ1n) is 11.9. The van der Waals surface area contributed by atoms with Crippen LogP contribution in [0.15, 0.2) is 58.3 Å². The van der Waals surface area contributed by atoms with Crippen molar-refractivity contribution in [3.63, 3.8) is 0 Å². The average Bonchev–Trinajstić information content (AvgIpc) is 2.77. The number of ether oxygens (including phenoxy) is 3. The smallest absolute Gasteiger partial charge is 0.297 e. The van der Waals surface area contributed by atoms with Crippen molar-refractivity contribution >= 4 is 20.2 Å². The summed E-state index contributed by atoms with van der Waals surface area (Å²) in [6, 6.07) is 11.5. The SMILES string of the molecule is [2H]C([2H])(COCCOCCOCC([2H])([2H])OS(=O)(=O)c1ccc(C)cc1)OS(=O)(=O)c1ccc(C)cc1. The van der Waals surface area contributed by atoms with E-state index < -0.39 is 46.6 Å². The first-order valence-corrected chi connectivity index (χ1v) is 12.7. The molecule has 0 aliphatic carbocycles. The van der Waals surface area contributed by atoms with E-state index in [1.54, 1.807) is 38.1 Å². The topological polar surface area (TPSA) is 114 Å². The van der Waals surface area contributed by atoms with Gasteiger partial charge in [-0.3, -0.25) is 8.37 Å². The lowest BCUT2D eigenvalue weighted by molar-refractivity contribution is 0.00558.